The largest absolute Gasteiger partial charge is 0.412 e. The second kappa shape index (κ2) is 8.76. The van der Waals surface area contributed by atoms with Gasteiger partial charge in [0.15, 0.2) is 0 Å². The molecule has 0 aromatic carbocycles. The number of fused-ring (bicyclic) bond motifs is 1. The minimum atomic E-state index is -4.41. The van der Waals surface area contributed by atoms with Gasteiger partial charge in [-0.3, -0.25) is 9.67 Å². The fourth-order valence-electron chi connectivity index (χ4n) is 4.46. The maximum absolute atomic E-state index is 13.0. The van der Waals surface area contributed by atoms with Crippen molar-refractivity contribution in [1.82, 2.24) is 24.7 Å². The van der Waals surface area contributed by atoms with Crippen molar-refractivity contribution in [1.29, 1.82) is 0 Å². The zero-order chi connectivity index (χ0) is 24.0. The topological polar surface area (TPSA) is 65.7 Å². The van der Waals surface area contributed by atoms with Crippen LogP contribution in [0.3, 0.4) is 0 Å². The van der Waals surface area contributed by atoms with E-state index >= 15 is 0 Å². The van der Waals surface area contributed by atoms with Crippen molar-refractivity contribution >= 4 is 11.0 Å². The molecule has 1 saturated heterocycles. The lowest BCUT2D eigenvalue weighted by molar-refractivity contribution is -0.0935. The highest BCUT2D eigenvalue weighted by molar-refractivity contribution is 5.77. The van der Waals surface area contributed by atoms with Gasteiger partial charge in [-0.05, 0) is 58.4 Å². The van der Waals surface area contributed by atoms with Crippen LogP contribution in [0.5, 0.6) is 0 Å². The molecule has 0 radical (unpaired) electrons. The maximum atomic E-state index is 13.0. The molecule has 34 heavy (non-hydrogen) atoms. The van der Waals surface area contributed by atoms with Gasteiger partial charge in [0.2, 0.25) is 0 Å². The van der Waals surface area contributed by atoms with E-state index in [2.05, 4.69) is 27.8 Å². The molecule has 1 aliphatic carbocycles. The highest BCUT2D eigenvalue weighted by Crippen LogP contribution is 2.40. The van der Waals surface area contributed by atoms with Gasteiger partial charge in [-0.1, -0.05) is 6.58 Å². The second-order valence-electron chi connectivity index (χ2n) is 9.42. The molecular weight excluding hydrogens is 443 g/mol. The molecular formula is C25H28F3N5O. The summed E-state index contributed by atoms with van der Waals surface area (Å²) in [4.78, 5) is 14.1. The second-order valence-corrected chi connectivity index (χ2v) is 9.42. The SMILES string of the molecule is C=C(CCc1nc([C@H]2CCO[C@@H](c3cnn(C4CC4)c3)C2)cc2nc(C)c(C)nc12)C(F)(F)F. The van der Waals surface area contributed by atoms with E-state index in [0.717, 1.165) is 35.5 Å². The Morgan fingerprint density at radius 1 is 1.15 bits per heavy atom. The molecule has 0 spiro atoms. The Hall–Kier alpha value is -2.81. The van der Waals surface area contributed by atoms with Gasteiger partial charge in [0.05, 0.1) is 40.9 Å². The monoisotopic (exact) mass is 471 g/mol. The summed E-state index contributed by atoms with van der Waals surface area (Å²) in [5.41, 5.74) is 4.46. The van der Waals surface area contributed by atoms with Gasteiger partial charge >= 0.3 is 6.18 Å². The maximum Gasteiger partial charge on any atom is 0.412 e. The molecule has 3 aromatic heterocycles. The van der Waals surface area contributed by atoms with Crippen molar-refractivity contribution in [2.24, 2.45) is 0 Å². The van der Waals surface area contributed by atoms with Crippen LogP contribution in [-0.2, 0) is 11.2 Å². The van der Waals surface area contributed by atoms with Crippen LogP contribution in [0.4, 0.5) is 13.2 Å². The fourth-order valence-corrected chi connectivity index (χ4v) is 4.46. The van der Waals surface area contributed by atoms with Gasteiger partial charge in [0.1, 0.15) is 5.52 Å². The summed E-state index contributed by atoms with van der Waals surface area (Å²) in [5, 5.41) is 4.49. The average Bonchev–Trinajstić information content (AvgIpc) is 3.54. The summed E-state index contributed by atoms with van der Waals surface area (Å²) in [5.74, 6) is 0.111. The van der Waals surface area contributed by atoms with Crippen LogP contribution in [0.15, 0.2) is 30.6 Å². The van der Waals surface area contributed by atoms with Gasteiger partial charge in [0, 0.05) is 35.6 Å². The van der Waals surface area contributed by atoms with Crippen LogP contribution in [0.25, 0.3) is 11.0 Å². The number of aryl methyl sites for hydroxylation is 3. The van der Waals surface area contributed by atoms with E-state index in [-0.39, 0.29) is 24.9 Å². The summed E-state index contributed by atoms with van der Waals surface area (Å²) in [6, 6.07) is 2.45. The van der Waals surface area contributed by atoms with Gasteiger partial charge < -0.3 is 4.74 Å². The number of rotatable bonds is 6. The van der Waals surface area contributed by atoms with Gasteiger partial charge in [-0.15, -0.1) is 0 Å². The van der Waals surface area contributed by atoms with E-state index in [1.807, 2.05) is 30.8 Å². The van der Waals surface area contributed by atoms with E-state index in [4.69, 9.17) is 9.72 Å². The Labute approximate surface area is 196 Å². The van der Waals surface area contributed by atoms with Crippen LogP contribution < -0.4 is 0 Å². The molecule has 0 N–H and O–H groups in total. The highest BCUT2D eigenvalue weighted by atomic mass is 19.4. The van der Waals surface area contributed by atoms with Gasteiger partial charge in [-0.2, -0.15) is 18.3 Å². The Morgan fingerprint density at radius 2 is 1.91 bits per heavy atom. The van der Waals surface area contributed by atoms with Crippen LogP contribution in [-0.4, -0.2) is 37.5 Å². The van der Waals surface area contributed by atoms with Crippen LogP contribution in [0, 0.1) is 13.8 Å². The van der Waals surface area contributed by atoms with E-state index < -0.39 is 11.7 Å². The zero-order valence-electron chi connectivity index (χ0n) is 19.4. The molecule has 0 amide bonds. The molecule has 0 bridgehead atoms. The van der Waals surface area contributed by atoms with Crippen molar-refractivity contribution in [2.45, 2.75) is 76.6 Å². The lowest BCUT2D eigenvalue weighted by Gasteiger charge is -2.29. The first kappa shape index (κ1) is 23.0. The van der Waals surface area contributed by atoms with E-state index in [1.54, 1.807) is 0 Å². The van der Waals surface area contributed by atoms with Crippen molar-refractivity contribution in [3.8, 4) is 0 Å². The van der Waals surface area contributed by atoms with Gasteiger partial charge in [-0.25, -0.2) is 9.97 Å². The minimum absolute atomic E-state index is 0.0805. The summed E-state index contributed by atoms with van der Waals surface area (Å²) in [7, 11) is 0. The molecule has 2 fully saturated rings. The molecule has 9 heteroatoms. The summed E-state index contributed by atoms with van der Waals surface area (Å²) in [6.45, 7) is 7.53. The molecule has 3 aromatic rings. The third-order valence-corrected chi connectivity index (χ3v) is 6.84. The zero-order valence-corrected chi connectivity index (χ0v) is 19.4. The van der Waals surface area contributed by atoms with Crippen LogP contribution in [0.1, 0.15) is 78.5 Å². The number of ether oxygens (including phenoxy) is 1. The molecule has 2 aliphatic rings. The number of alkyl halides is 3. The lowest BCUT2D eigenvalue weighted by Crippen LogP contribution is -2.20. The predicted molar refractivity (Wildman–Crippen MR) is 121 cm³/mol. The first-order valence-corrected chi connectivity index (χ1v) is 11.7. The number of pyridine rings is 1. The lowest BCUT2D eigenvalue weighted by atomic mass is 9.89. The first-order chi connectivity index (χ1) is 16.2. The molecule has 180 valence electrons. The molecule has 4 heterocycles. The first-order valence-electron chi connectivity index (χ1n) is 11.7. The van der Waals surface area contributed by atoms with Crippen LogP contribution in [0.2, 0.25) is 0 Å². The van der Waals surface area contributed by atoms with Crippen molar-refractivity contribution in [3.05, 3.63) is 59.0 Å². The average molecular weight is 472 g/mol. The molecule has 6 nitrogen and oxygen atoms in total. The normalized spacial score (nSPS) is 21.2. The third kappa shape index (κ3) is 4.71. The Morgan fingerprint density at radius 3 is 2.65 bits per heavy atom. The van der Waals surface area contributed by atoms with Crippen molar-refractivity contribution < 1.29 is 17.9 Å². The highest BCUT2D eigenvalue weighted by Gasteiger charge is 2.32. The summed E-state index contributed by atoms with van der Waals surface area (Å²) in [6.07, 6.45) is 3.21. The third-order valence-electron chi connectivity index (χ3n) is 6.84. The minimum Gasteiger partial charge on any atom is -0.373 e. The van der Waals surface area contributed by atoms with Crippen molar-refractivity contribution in [2.75, 3.05) is 6.61 Å². The number of hydrogen-bond acceptors (Lipinski definition) is 5. The van der Waals surface area contributed by atoms with E-state index in [1.165, 1.54) is 12.8 Å². The smallest absolute Gasteiger partial charge is 0.373 e. The number of halogens is 3. The Balaban J connectivity index is 1.44. The van der Waals surface area contributed by atoms with E-state index in [9.17, 15) is 13.2 Å². The molecule has 0 unspecified atom stereocenters. The Bertz CT molecular complexity index is 1230. The fraction of sp³-hybridized carbons (Fsp3) is 0.520. The number of aromatic nitrogens is 5. The molecule has 1 aliphatic heterocycles. The number of hydrogen-bond donors (Lipinski definition) is 0. The quantitative estimate of drug-likeness (QED) is 0.422. The predicted octanol–water partition coefficient (Wildman–Crippen LogP) is 5.86. The summed E-state index contributed by atoms with van der Waals surface area (Å²) < 4.78 is 47.2. The van der Waals surface area contributed by atoms with Crippen molar-refractivity contribution in [3.63, 3.8) is 0 Å². The number of nitrogens with zero attached hydrogens (tertiary/aromatic N) is 5. The van der Waals surface area contributed by atoms with Gasteiger partial charge in [0.25, 0.3) is 0 Å². The van der Waals surface area contributed by atoms with E-state index in [0.29, 0.717) is 29.4 Å². The number of allylic oxidation sites excluding steroid dienone is 1. The molecule has 2 atom stereocenters. The van der Waals surface area contributed by atoms with Crippen LogP contribution >= 0.6 is 0 Å². The summed E-state index contributed by atoms with van der Waals surface area (Å²) >= 11 is 0. The molecule has 5 rings (SSSR count). The standard InChI is InChI=1S/C25H28F3N5O/c1-14(25(26,27)28)4-7-20-24-22(30-15(2)16(3)31-24)11-21(32-20)17-8-9-34-23(10-17)18-12-29-33(13-18)19-5-6-19/h11-13,17,19,23H,1,4-10H2,2-3H3/t17-,23+/m0/s1. The Kier molecular flexibility index (Phi) is 5.91. The molecule has 1 saturated carbocycles.